The molecule has 5 nitrogen and oxygen atoms in total. The van der Waals surface area contributed by atoms with E-state index in [4.69, 9.17) is 5.73 Å². The fraction of sp³-hybridized carbons (Fsp3) is 0.133. The summed E-state index contributed by atoms with van der Waals surface area (Å²) < 4.78 is 27.1. The summed E-state index contributed by atoms with van der Waals surface area (Å²) in [5.74, 6) is -0.133. The topological polar surface area (TPSA) is 89.3 Å². The molecule has 110 valence electrons. The van der Waals surface area contributed by atoms with E-state index >= 15 is 0 Å². The van der Waals surface area contributed by atoms with Crippen LogP contribution in [0.2, 0.25) is 0 Å². The van der Waals surface area contributed by atoms with Gasteiger partial charge in [-0.15, -0.1) is 0 Å². The summed E-state index contributed by atoms with van der Waals surface area (Å²) in [6, 6.07) is 11.0. The maximum absolute atomic E-state index is 12.3. The molecule has 0 spiro atoms. The first-order chi connectivity index (χ1) is 9.79. The zero-order valence-corrected chi connectivity index (χ0v) is 12.6. The predicted molar refractivity (Wildman–Crippen MR) is 82.8 cm³/mol. The van der Waals surface area contributed by atoms with Crippen LogP contribution < -0.4 is 10.5 Å². The van der Waals surface area contributed by atoms with Crippen molar-refractivity contribution < 1.29 is 13.2 Å². The molecule has 0 saturated carbocycles. The predicted octanol–water partition coefficient (Wildman–Crippen LogP) is 2.58. The van der Waals surface area contributed by atoms with Crippen molar-refractivity contribution in [2.24, 2.45) is 0 Å². The number of nitrogens with two attached hydrogens (primary N) is 1. The second-order valence-electron chi connectivity index (χ2n) is 4.78. The quantitative estimate of drug-likeness (QED) is 0.671. The third kappa shape index (κ3) is 3.41. The number of rotatable bonds is 4. The molecule has 2 aromatic carbocycles. The lowest BCUT2D eigenvalue weighted by atomic mass is 10.1. The number of ketones is 1. The molecule has 0 amide bonds. The van der Waals surface area contributed by atoms with Gasteiger partial charge in [0.15, 0.2) is 5.78 Å². The van der Waals surface area contributed by atoms with Crippen molar-refractivity contribution in [2.45, 2.75) is 18.7 Å². The number of nitrogens with one attached hydrogen (secondary N) is 1. The largest absolute Gasteiger partial charge is 0.398 e. The van der Waals surface area contributed by atoms with Gasteiger partial charge in [-0.2, -0.15) is 0 Å². The fourth-order valence-corrected chi connectivity index (χ4v) is 3.09. The van der Waals surface area contributed by atoms with Crippen molar-refractivity contribution in [2.75, 3.05) is 10.5 Å². The summed E-state index contributed by atoms with van der Waals surface area (Å²) in [5, 5.41) is 0. The summed E-state index contributed by atoms with van der Waals surface area (Å²) in [4.78, 5) is 11.3. The Morgan fingerprint density at radius 1 is 1.14 bits per heavy atom. The van der Waals surface area contributed by atoms with Crippen molar-refractivity contribution in [1.82, 2.24) is 0 Å². The Balaban J connectivity index is 2.37. The molecule has 0 aliphatic carbocycles. The molecule has 0 aliphatic heterocycles. The molecule has 21 heavy (non-hydrogen) atoms. The molecule has 3 N–H and O–H groups in total. The van der Waals surface area contributed by atoms with E-state index in [1.807, 2.05) is 6.92 Å². The Hall–Kier alpha value is -2.34. The van der Waals surface area contributed by atoms with E-state index in [0.29, 0.717) is 11.3 Å². The molecule has 2 rings (SSSR count). The van der Waals surface area contributed by atoms with Crippen molar-refractivity contribution in [3.8, 4) is 0 Å². The van der Waals surface area contributed by atoms with Crippen LogP contribution in [0.1, 0.15) is 22.8 Å². The average Bonchev–Trinajstić information content (AvgIpc) is 2.37. The van der Waals surface area contributed by atoms with Gasteiger partial charge in [-0.05, 0) is 43.7 Å². The Morgan fingerprint density at radius 2 is 1.86 bits per heavy atom. The van der Waals surface area contributed by atoms with Gasteiger partial charge < -0.3 is 5.73 Å². The lowest BCUT2D eigenvalue weighted by Crippen LogP contribution is -2.15. The van der Waals surface area contributed by atoms with Gasteiger partial charge in [0.1, 0.15) is 4.90 Å². The lowest BCUT2D eigenvalue weighted by molar-refractivity contribution is 0.101. The highest BCUT2D eigenvalue weighted by Gasteiger charge is 2.17. The van der Waals surface area contributed by atoms with Gasteiger partial charge in [-0.25, -0.2) is 8.42 Å². The number of carbonyl (C=O) groups excluding carboxylic acids is 1. The third-order valence-electron chi connectivity index (χ3n) is 2.98. The second-order valence-corrected chi connectivity index (χ2v) is 6.43. The number of nitrogen functional groups attached to an aromatic ring is 1. The molecule has 0 unspecified atom stereocenters. The molecular formula is C15H16N2O3S. The Labute approximate surface area is 123 Å². The molecule has 0 bridgehead atoms. The fourth-order valence-electron chi connectivity index (χ4n) is 1.92. The minimum Gasteiger partial charge on any atom is -0.398 e. The number of hydrogen-bond donors (Lipinski definition) is 2. The van der Waals surface area contributed by atoms with Crippen LogP contribution in [0.4, 0.5) is 11.4 Å². The first kappa shape index (κ1) is 15.1. The van der Waals surface area contributed by atoms with Crippen LogP contribution in [0.3, 0.4) is 0 Å². The molecule has 0 aromatic heterocycles. The van der Waals surface area contributed by atoms with E-state index in [9.17, 15) is 13.2 Å². The number of sulfonamides is 1. The van der Waals surface area contributed by atoms with Crippen LogP contribution in [-0.4, -0.2) is 14.2 Å². The van der Waals surface area contributed by atoms with Gasteiger partial charge in [0.05, 0.1) is 5.69 Å². The number of anilines is 2. The van der Waals surface area contributed by atoms with Crippen molar-refractivity contribution in [1.29, 1.82) is 0 Å². The van der Waals surface area contributed by atoms with E-state index < -0.39 is 10.0 Å². The molecule has 2 aromatic rings. The molecular weight excluding hydrogens is 288 g/mol. The second kappa shape index (κ2) is 5.57. The SMILES string of the molecule is CC(=O)c1cccc(NS(=O)(=O)c2ccc(C)cc2N)c1. The number of carbonyl (C=O) groups is 1. The number of hydrogen-bond acceptors (Lipinski definition) is 4. The van der Waals surface area contributed by atoms with Crippen LogP contribution in [0, 0.1) is 6.92 Å². The van der Waals surface area contributed by atoms with Crippen LogP contribution in [-0.2, 0) is 10.0 Å². The number of aryl methyl sites for hydroxylation is 1. The highest BCUT2D eigenvalue weighted by Crippen LogP contribution is 2.23. The minimum atomic E-state index is -3.79. The van der Waals surface area contributed by atoms with E-state index in [1.54, 1.807) is 30.3 Å². The summed E-state index contributed by atoms with van der Waals surface area (Å²) in [6.07, 6.45) is 0. The Kier molecular flexibility index (Phi) is 3.99. The first-order valence-electron chi connectivity index (χ1n) is 6.29. The zero-order chi connectivity index (χ0) is 15.6. The van der Waals surface area contributed by atoms with Gasteiger partial charge in [-0.3, -0.25) is 9.52 Å². The van der Waals surface area contributed by atoms with Gasteiger partial charge >= 0.3 is 0 Å². The molecule has 6 heteroatoms. The van der Waals surface area contributed by atoms with Crippen LogP contribution in [0.25, 0.3) is 0 Å². The zero-order valence-electron chi connectivity index (χ0n) is 11.8. The maximum Gasteiger partial charge on any atom is 0.263 e. The molecule has 0 fully saturated rings. The van der Waals surface area contributed by atoms with Crippen molar-refractivity contribution >= 4 is 27.2 Å². The lowest BCUT2D eigenvalue weighted by Gasteiger charge is -2.11. The van der Waals surface area contributed by atoms with E-state index in [1.165, 1.54) is 19.1 Å². The molecule has 0 saturated heterocycles. The summed E-state index contributed by atoms with van der Waals surface area (Å²) in [5.41, 5.74) is 7.59. The van der Waals surface area contributed by atoms with Crippen molar-refractivity contribution in [3.05, 3.63) is 53.6 Å². The van der Waals surface area contributed by atoms with Gasteiger partial charge in [0.25, 0.3) is 10.0 Å². The standard InChI is InChI=1S/C15H16N2O3S/c1-10-6-7-15(14(16)8-10)21(19,20)17-13-5-3-4-12(9-13)11(2)18/h3-9,17H,16H2,1-2H3. The summed E-state index contributed by atoms with van der Waals surface area (Å²) in [7, 11) is -3.79. The molecule has 0 aliphatic rings. The highest BCUT2D eigenvalue weighted by atomic mass is 32.2. The van der Waals surface area contributed by atoms with E-state index in [-0.39, 0.29) is 16.4 Å². The third-order valence-corrected chi connectivity index (χ3v) is 4.43. The minimum absolute atomic E-state index is 0.0151. The molecule has 0 atom stereocenters. The summed E-state index contributed by atoms with van der Waals surface area (Å²) in [6.45, 7) is 3.25. The first-order valence-corrected chi connectivity index (χ1v) is 7.78. The highest BCUT2D eigenvalue weighted by molar-refractivity contribution is 7.92. The number of benzene rings is 2. The van der Waals surface area contributed by atoms with E-state index in [0.717, 1.165) is 5.56 Å². The van der Waals surface area contributed by atoms with Crippen LogP contribution in [0.15, 0.2) is 47.4 Å². The van der Waals surface area contributed by atoms with Crippen molar-refractivity contribution in [3.63, 3.8) is 0 Å². The Bertz CT molecular complexity index is 798. The number of Topliss-reactive ketones (excluding diaryl/α,β-unsaturated/α-hetero) is 1. The smallest absolute Gasteiger partial charge is 0.263 e. The summed E-state index contributed by atoms with van der Waals surface area (Å²) >= 11 is 0. The van der Waals surface area contributed by atoms with E-state index in [2.05, 4.69) is 4.72 Å². The molecule has 0 heterocycles. The van der Waals surface area contributed by atoms with Gasteiger partial charge in [0.2, 0.25) is 0 Å². The molecule has 0 radical (unpaired) electrons. The van der Waals surface area contributed by atoms with Crippen LogP contribution in [0.5, 0.6) is 0 Å². The Morgan fingerprint density at radius 3 is 2.48 bits per heavy atom. The van der Waals surface area contributed by atoms with Gasteiger partial charge in [-0.1, -0.05) is 18.2 Å². The maximum atomic E-state index is 12.3. The van der Waals surface area contributed by atoms with Crippen LogP contribution >= 0.6 is 0 Å². The average molecular weight is 304 g/mol. The normalized spacial score (nSPS) is 11.1. The monoisotopic (exact) mass is 304 g/mol. The van der Waals surface area contributed by atoms with Gasteiger partial charge in [0, 0.05) is 11.3 Å².